The van der Waals surface area contributed by atoms with Crippen molar-refractivity contribution in [2.24, 2.45) is 17.8 Å². The van der Waals surface area contributed by atoms with Crippen LogP contribution >= 0.6 is 0 Å². The lowest BCUT2D eigenvalue weighted by atomic mass is 9.88. The van der Waals surface area contributed by atoms with Crippen molar-refractivity contribution < 1.29 is 0 Å². The van der Waals surface area contributed by atoms with Crippen molar-refractivity contribution in [2.75, 3.05) is 6.54 Å². The minimum absolute atomic E-state index is 0.472. The van der Waals surface area contributed by atoms with Crippen LogP contribution in [0.1, 0.15) is 47.4 Å². The molecular formula is C15H30N4. The number of hydrogen-bond donors (Lipinski definition) is 1. The van der Waals surface area contributed by atoms with Gasteiger partial charge in [0.2, 0.25) is 0 Å². The lowest BCUT2D eigenvalue weighted by molar-refractivity contribution is 0.292. The fourth-order valence-electron chi connectivity index (χ4n) is 2.31. The molecule has 0 amide bonds. The van der Waals surface area contributed by atoms with E-state index in [4.69, 9.17) is 0 Å². The second kappa shape index (κ2) is 7.63. The summed E-state index contributed by atoms with van der Waals surface area (Å²) < 4.78 is 2.06. The molecular weight excluding hydrogens is 236 g/mol. The van der Waals surface area contributed by atoms with Gasteiger partial charge in [0.05, 0.1) is 0 Å². The first-order chi connectivity index (χ1) is 8.95. The van der Waals surface area contributed by atoms with Crippen LogP contribution in [-0.2, 0) is 13.0 Å². The fraction of sp³-hybridized carbons (Fsp3) is 0.867. The van der Waals surface area contributed by atoms with Crippen molar-refractivity contribution >= 4 is 0 Å². The van der Waals surface area contributed by atoms with Gasteiger partial charge in [0.15, 0.2) is 0 Å². The molecule has 1 aromatic rings. The first-order valence-electron chi connectivity index (χ1n) is 7.55. The summed E-state index contributed by atoms with van der Waals surface area (Å²) in [4.78, 5) is 4.44. The highest BCUT2D eigenvalue weighted by Crippen LogP contribution is 2.18. The van der Waals surface area contributed by atoms with E-state index in [-0.39, 0.29) is 0 Å². The molecule has 1 rings (SSSR count). The summed E-state index contributed by atoms with van der Waals surface area (Å²) in [6.07, 6.45) is 2.64. The summed E-state index contributed by atoms with van der Waals surface area (Å²) in [6, 6.07) is 0.472. The zero-order valence-electron chi connectivity index (χ0n) is 13.3. The Kier molecular flexibility index (Phi) is 6.49. The second-order valence-corrected chi connectivity index (χ2v) is 6.22. The Morgan fingerprint density at radius 2 is 1.89 bits per heavy atom. The molecule has 0 saturated carbocycles. The van der Waals surface area contributed by atoms with E-state index in [1.165, 1.54) is 0 Å². The number of nitrogens with zero attached hydrogens (tertiary/aromatic N) is 3. The maximum absolute atomic E-state index is 4.44. The Hall–Kier alpha value is -0.900. The lowest BCUT2D eigenvalue weighted by Gasteiger charge is -2.27. The average molecular weight is 266 g/mol. The van der Waals surface area contributed by atoms with Gasteiger partial charge in [-0.15, -0.1) is 0 Å². The molecule has 0 bridgehead atoms. The summed E-state index contributed by atoms with van der Waals surface area (Å²) in [7, 11) is 0. The third kappa shape index (κ3) is 4.94. The van der Waals surface area contributed by atoms with E-state index < -0.39 is 0 Å². The molecule has 0 aliphatic rings. The molecule has 0 spiro atoms. The molecule has 0 radical (unpaired) electrons. The van der Waals surface area contributed by atoms with Crippen LogP contribution in [0, 0.1) is 17.8 Å². The molecule has 0 fully saturated rings. The van der Waals surface area contributed by atoms with Gasteiger partial charge in [0.25, 0.3) is 0 Å². The third-order valence-electron chi connectivity index (χ3n) is 3.79. The van der Waals surface area contributed by atoms with Crippen molar-refractivity contribution in [3.05, 3.63) is 12.2 Å². The van der Waals surface area contributed by atoms with Gasteiger partial charge in [-0.2, -0.15) is 5.10 Å². The lowest BCUT2D eigenvalue weighted by Crippen LogP contribution is -2.39. The monoisotopic (exact) mass is 266 g/mol. The molecule has 0 aliphatic carbocycles. The van der Waals surface area contributed by atoms with Crippen molar-refractivity contribution in [1.82, 2.24) is 20.1 Å². The van der Waals surface area contributed by atoms with Gasteiger partial charge in [-0.25, -0.2) is 9.67 Å². The van der Waals surface area contributed by atoms with Crippen LogP contribution in [0.2, 0.25) is 0 Å². The highest BCUT2D eigenvalue weighted by molar-refractivity contribution is 4.92. The number of rotatable bonds is 8. The van der Waals surface area contributed by atoms with Crippen LogP contribution in [0.4, 0.5) is 0 Å². The Morgan fingerprint density at radius 1 is 1.21 bits per heavy atom. The summed E-state index contributed by atoms with van der Waals surface area (Å²) in [5.41, 5.74) is 0. The van der Waals surface area contributed by atoms with E-state index >= 15 is 0 Å². The topological polar surface area (TPSA) is 42.7 Å². The Morgan fingerprint density at radius 3 is 2.42 bits per heavy atom. The van der Waals surface area contributed by atoms with E-state index in [1.54, 1.807) is 6.33 Å². The summed E-state index contributed by atoms with van der Waals surface area (Å²) >= 11 is 0. The maximum Gasteiger partial charge on any atom is 0.138 e. The van der Waals surface area contributed by atoms with Crippen LogP contribution < -0.4 is 5.32 Å². The Balaban J connectivity index is 2.76. The fourth-order valence-corrected chi connectivity index (χ4v) is 2.31. The quantitative estimate of drug-likeness (QED) is 0.787. The zero-order valence-corrected chi connectivity index (χ0v) is 13.3. The SMILES string of the molecule is CCNC(Cc1ncnn1CC(C)C)C(C)C(C)C. The first kappa shape index (κ1) is 16.2. The van der Waals surface area contributed by atoms with E-state index in [2.05, 4.69) is 61.6 Å². The van der Waals surface area contributed by atoms with E-state index in [0.717, 1.165) is 25.3 Å². The minimum atomic E-state index is 0.472. The van der Waals surface area contributed by atoms with Gasteiger partial charge in [-0.05, 0) is 24.3 Å². The van der Waals surface area contributed by atoms with E-state index in [9.17, 15) is 0 Å². The molecule has 0 aliphatic heterocycles. The zero-order chi connectivity index (χ0) is 14.4. The molecule has 0 aromatic carbocycles. The largest absolute Gasteiger partial charge is 0.314 e. The number of hydrogen-bond acceptors (Lipinski definition) is 3. The van der Waals surface area contributed by atoms with Gasteiger partial charge < -0.3 is 5.32 Å². The Bertz CT molecular complexity index is 357. The van der Waals surface area contributed by atoms with Crippen molar-refractivity contribution in [1.29, 1.82) is 0 Å². The molecule has 2 atom stereocenters. The number of likely N-dealkylation sites (N-methyl/N-ethyl adjacent to an activating group) is 1. The summed E-state index contributed by atoms with van der Waals surface area (Å²) in [5, 5.41) is 7.95. The van der Waals surface area contributed by atoms with Crippen LogP contribution in [0.5, 0.6) is 0 Å². The molecule has 2 unspecified atom stereocenters. The molecule has 1 N–H and O–H groups in total. The number of aromatic nitrogens is 3. The highest BCUT2D eigenvalue weighted by atomic mass is 15.3. The van der Waals surface area contributed by atoms with Crippen molar-refractivity contribution in [2.45, 2.75) is 60.5 Å². The van der Waals surface area contributed by atoms with Crippen LogP contribution in [0.3, 0.4) is 0 Å². The standard InChI is InChI=1S/C15H30N4/c1-7-16-14(13(6)12(4)5)8-15-17-10-18-19(15)9-11(2)3/h10-14,16H,7-9H2,1-6H3. The predicted octanol–water partition coefficient (Wildman–Crippen LogP) is 2.75. The minimum Gasteiger partial charge on any atom is -0.314 e. The summed E-state index contributed by atoms with van der Waals surface area (Å²) in [6.45, 7) is 15.4. The van der Waals surface area contributed by atoms with Crippen molar-refractivity contribution in [3.8, 4) is 0 Å². The van der Waals surface area contributed by atoms with Gasteiger partial charge in [-0.1, -0.05) is 41.5 Å². The molecule has 1 aromatic heterocycles. The Labute approximate surface area is 118 Å². The highest BCUT2D eigenvalue weighted by Gasteiger charge is 2.22. The first-order valence-corrected chi connectivity index (χ1v) is 7.55. The molecule has 4 nitrogen and oxygen atoms in total. The van der Waals surface area contributed by atoms with Gasteiger partial charge >= 0.3 is 0 Å². The second-order valence-electron chi connectivity index (χ2n) is 6.22. The van der Waals surface area contributed by atoms with Gasteiger partial charge in [0.1, 0.15) is 12.2 Å². The van der Waals surface area contributed by atoms with Gasteiger partial charge in [0, 0.05) is 19.0 Å². The average Bonchev–Trinajstić information content (AvgIpc) is 2.74. The molecule has 1 heterocycles. The normalized spacial score (nSPS) is 15.2. The van der Waals surface area contributed by atoms with E-state index in [0.29, 0.717) is 23.8 Å². The molecule has 4 heteroatoms. The predicted molar refractivity (Wildman–Crippen MR) is 80.0 cm³/mol. The van der Waals surface area contributed by atoms with Crippen LogP contribution in [0.15, 0.2) is 6.33 Å². The van der Waals surface area contributed by atoms with Crippen molar-refractivity contribution in [3.63, 3.8) is 0 Å². The van der Waals surface area contributed by atoms with Crippen LogP contribution in [0.25, 0.3) is 0 Å². The summed E-state index contributed by atoms with van der Waals surface area (Å²) in [5.74, 6) is 3.00. The van der Waals surface area contributed by atoms with Crippen LogP contribution in [-0.4, -0.2) is 27.4 Å². The third-order valence-corrected chi connectivity index (χ3v) is 3.79. The molecule has 110 valence electrons. The molecule has 19 heavy (non-hydrogen) atoms. The molecule has 0 saturated heterocycles. The smallest absolute Gasteiger partial charge is 0.138 e. The van der Waals surface area contributed by atoms with Gasteiger partial charge in [-0.3, -0.25) is 0 Å². The maximum atomic E-state index is 4.44. The number of nitrogens with one attached hydrogen (secondary N) is 1. The van der Waals surface area contributed by atoms with E-state index in [1.807, 2.05) is 0 Å².